The minimum Gasteiger partial charge on any atom is -0.455 e. The molecular formula is C16H12Br2N2O3. The molecule has 0 bridgehead atoms. The zero-order chi connectivity index (χ0) is 16.6. The molecule has 1 N–H and O–H groups in total. The minimum absolute atomic E-state index is 0.378. The summed E-state index contributed by atoms with van der Waals surface area (Å²) in [6.45, 7) is 3.26. The first-order valence-electron chi connectivity index (χ1n) is 6.74. The molecule has 3 aromatic rings. The van der Waals surface area contributed by atoms with Crippen LogP contribution in [-0.4, -0.2) is 15.9 Å². The van der Waals surface area contributed by atoms with E-state index < -0.39 is 0 Å². The maximum atomic E-state index is 11.0. The van der Waals surface area contributed by atoms with Crippen LogP contribution in [0.4, 0.5) is 0 Å². The van der Waals surface area contributed by atoms with Crippen LogP contribution in [0.2, 0.25) is 0 Å². The van der Waals surface area contributed by atoms with Gasteiger partial charge in [-0.15, -0.1) is 0 Å². The number of imidazole rings is 1. The number of halogens is 2. The van der Waals surface area contributed by atoms with Gasteiger partial charge in [0.2, 0.25) is 0 Å². The molecule has 23 heavy (non-hydrogen) atoms. The molecule has 0 aliphatic heterocycles. The molecule has 5 nitrogen and oxygen atoms in total. The van der Waals surface area contributed by atoms with Crippen LogP contribution >= 0.6 is 31.9 Å². The van der Waals surface area contributed by atoms with Gasteiger partial charge in [0.15, 0.2) is 5.75 Å². The van der Waals surface area contributed by atoms with Gasteiger partial charge in [0.1, 0.15) is 17.3 Å². The number of aromatic amines is 1. The number of rotatable bonds is 3. The van der Waals surface area contributed by atoms with E-state index in [1.807, 2.05) is 25.1 Å². The molecule has 2 aromatic carbocycles. The standard InChI is InChI=1S/C16H12Br2N2O3/c1-8-19-14-4-3-10(7-15(14)20-8)23-16-12(17)5-11(6-13(16)18)22-9(2)21/h3-7H,1-2H3,(H,19,20). The summed E-state index contributed by atoms with van der Waals surface area (Å²) in [5.41, 5.74) is 1.79. The van der Waals surface area contributed by atoms with Crippen molar-refractivity contribution in [3.8, 4) is 17.2 Å². The normalized spacial score (nSPS) is 10.8. The third-order valence-electron chi connectivity index (χ3n) is 3.03. The quantitative estimate of drug-likeness (QED) is 0.454. The number of nitrogens with zero attached hydrogens (tertiary/aromatic N) is 1. The maximum absolute atomic E-state index is 11.0. The average Bonchev–Trinajstić information content (AvgIpc) is 2.81. The van der Waals surface area contributed by atoms with E-state index in [0.29, 0.717) is 26.2 Å². The van der Waals surface area contributed by atoms with E-state index in [1.54, 1.807) is 12.1 Å². The van der Waals surface area contributed by atoms with Crippen LogP contribution in [0.15, 0.2) is 39.3 Å². The summed E-state index contributed by atoms with van der Waals surface area (Å²) < 4.78 is 12.3. The molecule has 0 saturated carbocycles. The van der Waals surface area contributed by atoms with Gasteiger partial charge in [0.25, 0.3) is 0 Å². The van der Waals surface area contributed by atoms with Gasteiger partial charge < -0.3 is 14.5 Å². The maximum Gasteiger partial charge on any atom is 0.308 e. The Morgan fingerprint density at radius 2 is 1.83 bits per heavy atom. The summed E-state index contributed by atoms with van der Waals surface area (Å²) in [5, 5.41) is 0. The monoisotopic (exact) mass is 438 g/mol. The summed E-state index contributed by atoms with van der Waals surface area (Å²) in [7, 11) is 0. The number of nitrogens with one attached hydrogen (secondary N) is 1. The van der Waals surface area contributed by atoms with Gasteiger partial charge in [-0.25, -0.2) is 4.98 Å². The lowest BCUT2D eigenvalue weighted by molar-refractivity contribution is -0.131. The van der Waals surface area contributed by atoms with E-state index in [-0.39, 0.29) is 5.97 Å². The van der Waals surface area contributed by atoms with E-state index >= 15 is 0 Å². The highest BCUT2D eigenvalue weighted by Crippen LogP contribution is 2.40. The van der Waals surface area contributed by atoms with Crippen LogP contribution in [-0.2, 0) is 4.79 Å². The number of hydrogen-bond donors (Lipinski definition) is 1. The average molecular weight is 440 g/mol. The second kappa shape index (κ2) is 6.33. The first kappa shape index (κ1) is 16.0. The fraction of sp³-hybridized carbons (Fsp3) is 0.125. The number of H-pyrrole nitrogens is 1. The summed E-state index contributed by atoms with van der Waals surface area (Å²) in [4.78, 5) is 18.6. The van der Waals surface area contributed by atoms with Crippen molar-refractivity contribution in [3.05, 3.63) is 45.1 Å². The first-order chi connectivity index (χ1) is 10.9. The van der Waals surface area contributed by atoms with Crippen molar-refractivity contribution < 1.29 is 14.3 Å². The number of esters is 1. The molecule has 7 heteroatoms. The smallest absolute Gasteiger partial charge is 0.308 e. The predicted octanol–water partition coefficient (Wildman–Crippen LogP) is 5.11. The Labute approximate surface area is 149 Å². The third-order valence-corrected chi connectivity index (χ3v) is 4.20. The number of carbonyl (C=O) groups excluding carboxylic acids is 1. The minimum atomic E-state index is -0.378. The lowest BCUT2D eigenvalue weighted by Crippen LogP contribution is -2.01. The first-order valence-corrected chi connectivity index (χ1v) is 8.32. The van der Waals surface area contributed by atoms with Crippen LogP contribution in [0.3, 0.4) is 0 Å². The highest BCUT2D eigenvalue weighted by atomic mass is 79.9. The highest BCUT2D eigenvalue weighted by Gasteiger charge is 2.13. The zero-order valence-electron chi connectivity index (χ0n) is 12.3. The third kappa shape index (κ3) is 3.56. The fourth-order valence-corrected chi connectivity index (χ4v) is 3.46. The number of ether oxygens (including phenoxy) is 2. The predicted molar refractivity (Wildman–Crippen MR) is 94.1 cm³/mol. The van der Waals surface area contributed by atoms with Crippen LogP contribution < -0.4 is 9.47 Å². The topological polar surface area (TPSA) is 64.2 Å². The molecule has 0 aliphatic rings. The van der Waals surface area contributed by atoms with Crippen molar-refractivity contribution >= 4 is 48.9 Å². The Hall–Kier alpha value is -1.86. The molecule has 0 amide bonds. The number of hydrogen-bond acceptors (Lipinski definition) is 4. The lowest BCUT2D eigenvalue weighted by atomic mass is 10.3. The zero-order valence-corrected chi connectivity index (χ0v) is 15.5. The Morgan fingerprint density at radius 1 is 1.13 bits per heavy atom. The highest BCUT2D eigenvalue weighted by molar-refractivity contribution is 9.11. The molecule has 0 atom stereocenters. The summed E-state index contributed by atoms with van der Waals surface area (Å²) in [6.07, 6.45) is 0. The van der Waals surface area contributed by atoms with Crippen molar-refractivity contribution in [3.63, 3.8) is 0 Å². The molecule has 1 aromatic heterocycles. The van der Waals surface area contributed by atoms with Crippen molar-refractivity contribution in [1.29, 1.82) is 0 Å². The second-order valence-electron chi connectivity index (χ2n) is 4.91. The number of carbonyl (C=O) groups is 1. The molecule has 0 radical (unpaired) electrons. The molecule has 0 unspecified atom stereocenters. The molecule has 0 aliphatic carbocycles. The van der Waals surface area contributed by atoms with Gasteiger partial charge in [0.05, 0.1) is 20.0 Å². The molecule has 1 heterocycles. The van der Waals surface area contributed by atoms with Crippen molar-refractivity contribution in [2.45, 2.75) is 13.8 Å². The number of aryl methyl sites for hydroxylation is 1. The lowest BCUT2D eigenvalue weighted by Gasteiger charge is -2.11. The van der Waals surface area contributed by atoms with Crippen LogP contribution in [0, 0.1) is 6.92 Å². The number of fused-ring (bicyclic) bond motifs is 1. The van der Waals surface area contributed by atoms with Gasteiger partial charge in [0, 0.05) is 13.0 Å². The van der Waals surface area contributed by atoms with Crippen molar-refractivity contribution in [1.82, 2.24) is 9.97 Å². The molecule has 0 spiro atoms. The summed E-state index contributed by atoms with van der Waals surface area (Å²) >= 11 is 6.86. The van der Waals surface area contributed by atoms with E-state index in [4.69, 9.17) is 9.47 Å². The van der Waals surface area contributed by atoms with E-state index in [1.165, 1.54) is 6.92 Å². The van der Waals surface area contributed by atoms with Crippen LogP contribution in [0.5, 0.6) is 17.2 Å². The molecule has 118 valence electrons. The number of aromatic nitrogens is 2. The Bertz CT molecular complexity index is 882. The largest absolute Gasteiger partial charge is 0.455 e. The van der Waals surface area contributed by atoms with Gasteiger partial charge in [-0.3, -0.25) is 4.79 Å². The Morgan fingerprint density at radius 3 is 2.48 bits per heavy atom. The summed E-state index contributed by atoms with van der Waals surface area (Å²) in [5.74, 6) is 2.15. The molecular weight excluding hydrogens is 428 g/mol. The van der Waals surface area contributed by atoms with Gasteiger partial charge in [-0.2, -0.15) is 0 Å². The SMILES string of the molecule is CC(=O)Oc1cc(Br)c(Oc2ccc3[nH]c(C)nc3c2)c(Br)c1. The van der Waals surface area contributed by atoms with Crippen LogP contribution in [0.1, 0.15) is 12.7 Å². The Kier molecular flexibility index (Phi) is 4.41. The van der Waals surface area contributed by atoms with E-state index in [0.717, 1.165) is 16.9 Å². The van der Waals surface area contributed by atoms with Crippen molar-refractivity contribution in [2.75, 3.05) is 0 Å². The van der Waals surface area contributed by atoms with Crippen LogP contribution in [0.25, 0.3) is 11.0 Å². The van der Waals surface area contributed by atoms with E-state index in [9.17, 15) is 4.79 Å². The molecule has 3 rings (SSSR count). The molecule has 0 fully saturated rings. The Balaban J connectivity index is 1.92. The van der Waals surface area contributed by atoms with E-state index in [2.05, 4.69) is 41.8 Å². The fourth-order valence-electron chi connectivity index (χ4n) is 2.15. The van der Waals surface area contributed by atoms with Crippen molar-refractivity contribution in [2.24, 2.45) is 0 Å². The second-order valence-corrected chi connectivity index (χ2v) is 6.62. The van der Waals surface area contributed by atoms with Gasteiger partial charge in [-0.1, -0.05) is 0 Å². The van der Waals surface area contributed by atoms with Gasteiger partial charge in [-0.05, 0) is 63.0 Å². The molecule has 0 saturated heterocycles. The number of benzene rings is 2. The van der Waals surface area contributed by atoms with Gasteiger partial charge >= 0.3 is 5.97 Å². The summed E-state index contributed by atoms with van der Waals surface area (Å²) in [6, 6.07) is 8.99.